The highest BCUT2D eigenvalue weighted by atomic mass is 32.1. The second-order valence-corrected chi connectivity index (χ2v) is 13.5. The first-order valence-corrected chi connectivity index (χ1v) is 17.3. The van der Waals surface area contributed by atoms with Crippen LogP contribution >= 0.6 is 11.3 Å². The normalized spacial score (nSPS) is 11.7. The molecule has 0 radical (unpaired) electrons. The summed E-state index contributed by atoms with van der Waals surface area (Å²) >= 11 is 1.86. The van der Waals surface area contributed by atoms with Crippen LogP contribution in [0, 0.1) is 0 Å². The summed E-state index contributed by atoms with van der Waals surface area (Å²) in [5, 5.41) is 9.64. The van der Waals surface area contributed by atoms with E-state index in [1.807, 2.05) is 29.5 Å². The SMILES string of the molecule is c1ccc(-c2nc(-c3ccc4ccccc4c3)nc(-c3cc4c5ccc(-c6ccc7ccccc7c6)cc5sc4c4ccccc34)n2)cc1. The highest BCUT2D eigenvalue weighted by Crippen LogP contribution is 2.43. The molecule has 0 aliphatic rings. The topological polar surface area (TPSA) is 38.7 Å². The Balaban J connectivity index is 1.19. The zero-order valence-electron chi connectivity index (χ0n) is 26.3. The number of hydrogen-bond acceptors (Lipinski definition) is 4. The third-order valence-corrected chi connectivity index (χ3v) is 10.7. The van der Waals surface area contributed by atoms with Gasteiger partial charge in [-0.25, -0.2) is 15.0 Å². The van der Waals surface area contributed by atoms with E-state index < -0.39 is 0 Å². The molecule has 10 rings (SSSR count). The summed E-state index contributed by atoms with van der Waals surface area (Å²) in [6.07, 6.45) is 0. The van der Waals surface area contributed by atoms with Crippen molar-refractivity contribution in [2.45, 2.75) is 0 Å². The molecule has 0 saturated carbocycles. The molecule has 0 N–H and O–H groups in total. The Morgan fingerprint density at radius 2 is 0.878 bits per heavy atom. The molecular formula is C45H27N3S. The lowest BCUT2D eigenvalue weighted by molar-refractivity contribution is 1.08. The van der Waals surface area contributed by atoms with E-state index >= 15 is 0 Å². The molecule has 0 amide bonds. The molecule has 0 bridgehead atoms. The van der Waals surface area contributed by atoms with Gasteiger partial charge in [-0.1, -0.05) is 140 Å². The lowest BCUT2D eigenvalue weighted by Gasteiger charge is -2.11. The van der Waals surface area contributed by atoms with Gasteiger partial charge in [0.15, 0.2) is 17.5 Å². The quantitative estimate of drug-likeness (QED) is 0.192. The lowest BCUT2D eigenvalue weighted by Crippen LogP contribution is -2.00. The standard InChI is InChI=1S/C45H27N3S/c1-2-12-30(13-3-1)43-46-44(35-21-19-29-11-5-7-15-32(29)25-35)48-45(47-43)40-27-39-37-23-22-34(33-20-18-28-10-4-6-14-31(28)24-33)26-41(37)49-42(39)38-17-9-8-16-36(38)40/h1-27H. The van der Waals surface area contributed by atoms with Gasteiger partial charge in [0.05, 0.1) is 0 Å². The van der Waals surface area contributed by atoms with E-state index in [4.69, 9.17) is 15.0 Å². The van der Waals surface area contributed by atoms with Gasteiger partial charge in [-0.2, -0.15) is 0 Å². The Bertz CT molecular complexity index is 2890. The maximum atomic E-state index is 5.19. The first kappa shape index (κ1) is 27.8. The fourth-order valence-electron chi connectivity index (χ4n) is 7.00. The molecule has 0 fully saturated rings. The third kappa shape index (κ3) is 4.76. The number of benzene rings is 8. The van der Waals surface area contributed by atoms with E-state index in [1.165, 1.54) is 52.8 Å². The van der Waals surface area contributed by atoms with Crippen LogP contribution in [0.25, 0.3) is 97.8 Å². The van der Waals surface area contributed by atoms with Crippen molar-refractivity contribution in [3.63, 3.8) is 0 Å². The van der Waals surface area contributed by atoms with Crippen LogP contribution < -0.4 is 0 Å². The molecule has 2 heterocycles. The first-order valence-electron chi connectivity index (χ1n) is 16.4. The summed E-state index contributed by atoms with van der Waals surface area (Å²) in [5.74, 6) is 1.99. The van der Waals surface area contributed by atoms with E-state index in [9.17, 15) is 0 Å². The molecule has 3 nitrogen and oxygen atoms in total. The number of thiophene rings is 1. The van der Waals surface area contributed by atoms with Gasteiger partial charge >= 0.3 is 0 Å². The van der Waals surface area contributed by atoms with Crippen molar-refractivity contribution >= 4 is 63.8 Å². The van der Waals surface area contributed by atoms with Gasteiger partial charge in [-0.05, 0) is 62.3 Å². The maximum absolute atomic E-state index is 5.19. The first-order chi connectivity index (χ1) is 24.2. The largest absolute Gasteiger partial charge is 0.208 e. The summed E-state index contributed by atoms with van der Waals surface area (Å²) in [6.45, 7) is 0. The fourth-order valence-corrected chi connectivity index (χ4v) is 8.26. The minimum Gasteiger partial charge on any atom is -0.208 e. The van der Waals surface area contributed by atoms with Crippen molar-refractivity contribution in [3.8, 4) is 45.3 Å². The van der Waals surface area contributed by atoms with Crippen LogP contribution in [0.5, 0.6) is 0 Å². The summed E-state index contributed by atoms with van der Waals surface area (Å²) in [6, 6.07) is 58.1. The molecule has 0 saturated heterocycles. The predicted molar refractivity (Wildman–Crippen MR) is 207 cm³/mol. The number of fused-ring (bicyclic) bond motifs is 7. The van der Waals surface area contributed by atoms with E-state index in [0.29, 0.717) is 17.5 Å². The molecule has 228 valence electrons. The van der Waals surface area contributed by atoms with Gasteiger partial charge in [-0.15, -0.1) is 11.3 Å². The van der Waals surface area contributed by atoms with E-state index in [-0.39, 0.29) is 0 Å². The van der Waals surface area contributed by atoms with E-state index in [0.717, 1.165) is 27.5 Å². The van der Waals surface area contributed by atoms with Crippen LogP contribution in [0.1, 0.15) is 0 Å². The predicted octanol–water partition coefficient (Wildman–Crippen LogP) is 12.4. The van der Waals surface area contributed by atoms with Gasteiger partial charge in [0.2, 0.25) is 0 Å². The van der Waals surface area contributed by atoms with Crippen molar-refractivity contribution in [1.82, 2.24) is 15.0 Å². The second kappa shape index (κ2) is 11.2. The molecule has 0 aliphatic carbocycles. The molecule has 0 atom stereocenters. The number of hydrogen-bond donors (Lipinski definition) is 0. The van der Waals surface area contributed by atoms with Crippen LogP contribution in [-0.4, -0.2) is 15.0 Å². The van der Waals surface area contributed by atoms with Crippen LogP contribution in [-0.2, 0) is 0 Å². The van der Waals surface area contributed by atoms with Crippen LogP contribution in [0.2, 0.25) is 0 Å². The number of nitrogens with zero attached hydrogens (tertiary/aromatic N) is 3. The molecule has 0 unspecified atom stereocenters. The van der Waals surface area contributed by atoms with Gasteiger partial charge in [0, 0.05) is 42.2 Å². The second-order valence-electron chi connectivity index (χ2n) is 12.5. The third-order valence-electron chi connectivity index (χ3n) is 9.48. The van der Waals surface area contributed by atoms with Gasteiger partial charge in [-0.3, -0.25) is 0 Å². The summed E-state index contributed by atoms with van der Waals surface area (Å²) in [7, 11) is 0. The monoisotopic (exact) mass is 641 g/mol. The van der Waals surface area contributed by atoms with Gasteiger partial charge in [0.1, 0.15) is 0 Å². The number of rotatable bonds is 4. The fraction of sp³-hybridized carbons (Fsp3) is 0. The molecule has 0 aliphatic heterocycles. The molecule has 49 heavy (non-hydrogen) atoms. The minimum absolute atomic E-state index is 0.660. The Hall–Kier alpha value is -6.23. The van der Waals surface area contributed by atoms with E-state index in [1.54, 1.807) is 0 Å². The van der Waals surface area contributed by atoms with Crippen LogP contribution in [0.3, 0.4) is 0 Å². The maximum Gasteiger partial charge on any atom is 0.164 e. The van der Waals surface area contributed by atoms with Crippen LogP contribution in [0.15, 0.2) is 164 Å². The highest BCUT2D eigenvalue weighted by molar-refractivity contribution is 7.26. The zero-order chi connectivity index (χ0) is 32.3. The zero-order valence-corrected chi connectivity index (χ0v) is 27.2. The molecular weight excluding hydrogens is 615 g/mol. The molecule has 8 aromatic carbocycles. The Labute approximate surface area is 286 Å². The lowest BCUT2D eigenvalue weighted by atomic mass is 9.98. The van der Waals surface area contributed by atoms with Gasteiger partial charge in [0.25, 0.3) is 0 Å². The molecule has 0 spiro atoms. The smallest absolute Gasteiger partial charge is 0.164 e. The molecule has 2 aromatic heterocycles. The van der Waals surface area contributed by atoms with Crippen molar-refractivity contribution in [3.05, 3.63) is 164 Å². The minimum atomic E-state index is 0.660. The molecule has 4 heteroatoms. The van der Waals surface area contributed by atoms with Crippen molar-refractivity contribution in [2.75, 3.05) is 0 Å². The van der Waals surface area contributed by atoms with Crippen molar-refractivity contribution < 1.29 is 0 Å². The van der Waals surface area contributed by atoms with Crippen LogP contribution in [0.4, 0.5) is 0 Å². The summed E-state index contributed by atoms with van der Waals surface area (Å²) < 4.78 is 2.54. The Morgan fingerprint density at radius 3 is 1.63 bits per heavy atom. The number of aromatic nitrogens is 3. The molecule has 10 aromatic rings. The Morgan fingerprint density at radius 1 is 0.327 bits per heavy atom. The van der Waals surface area contributed by atoms with Crippen molar-refractivity contribution in [2.24, 2.45) is 0 Å². The van der Waals surface area contributed by atoms with E-state index in [2.05, 4.69) is 146 Å². The average Bonchev–Trinajstić information content (AvgIpc) is 3.55. The highest BCUT2D eigenvalue weighted by Gasteiger charge is 2.18. The van der Waals surface area contributed by atoms with Crippen molar-refractivity contribution in [1.29, 1.82) is 0 Å². The Kier molecular flexibility index (Phi) is 6.36. The summed E-state index contributed by atoms with van der Waals surface area (Å²) in [5.41, 5.74) is 5.37. The van der Waals surface area contributed by atoms with Gasteiger partial charge < -0.3 is 0 Å². The summed E-state index contributed by atoms with van der Waals surface area (Å²) in [4.78, 5) is 15.4. The average molecular weight is 642 g/mol.